The summed E-state index contributed by atoms with van der Waals surface area (Å²) in [6, 6.07) is 5.21. The largest absolute Gasteiger partial charge is 0.399 e. The van der Waals surface area contributed by atoms with E-state index in [4.69, 9.17) is 17.3 Å². The van der Waals surface area contributed by atoms with Crippen LogP contribution in [-0.4, -0.2) is 25.7 Å². The molecule has 0 radical (unpaired) electrons. The van der Waals surface area contributed by atoms with Gasteiger partial charge in [0.25, 0.3) is 0 Å². The maximum Gasteiger partial charge on any atom is 0.151 e. The lowest BCUT2D eigenvalue weighted by Gasteiger charge is -2.05. The average molecular weight is 294 g/mol. The van der Waals surface area contributed by atoms with Crippen molar-refractivity contribution in [3.05, 3.63) is 23.2 Å². The molecule has 1 aromatic rings. The van der Waals surface area contributed by atoms with Crippen molar-refractivity contribution < 1.29 is 8.42 Å². The lowest BCUT2D eigenvalue weighted by molar-refractivity contribution is 0.596. The SMILES string of the molecule is CCCS(=O)(=O)CCSc1cc(N)ccc1Cl. The molecule has 0 aromatic heterocycles. The normalized spacial score (nSPS) is 11.6. The molecule has 0 spiro atoms. The highest BCUT2D eigenvalue weighted by Crippen LogP contribution is 2.29. The maximum absolute atomic E-state index is 11.5. The lowest BCUT2D eigenvalue weighted by Crippen LogP contribution is -2.12. The molecule has 6 heteroatoms. The zero-order valence-corrected chi connectivity index (χ0v) is 12.0. The Morgan fingerprint density at radius 2 is 2.06 bits per heavy atom. The summed E-state index contributed by atoms with van der Waals surface area (Å²) in [5.74, 6) is 0.931. The molecule has 3 nitrogen and oxygen atoms in total. The summed E-state index contributed by atoms with van der Waals surface area (Å²) in [5.41, 5.74) is 6.28. The Morgan fingerprint density at radius 1 is 1.35 bits per heavy atom. The second-order valence-electron chi connectivity index (χ2n) is 3.69. The maximum atomic E-state index is 11.5. The molecule has 0 fully saturated rings. The van der Waals surface area contributed by atoms with Gasteiger partial charge in [-0.2, -0.15) is 0 Å². The van der Waals surface area contributed by atoms with Crippen molar-refractivity contribution in [2.45, 2.75) is 18.2 Å². The standard InChI is InChI=1S/C11H16ClNO2S2/c1-2-6-17(14,15)7-5-16-11-8-9(13)3-4-10(11)12/h3-4,8H,2,5-7,13H2,1H3. The Kier molecular flexibility index (Phi) is 5.62. The minimum atomic E-state index is -2.92. The second kappa shape index (κ2) is 6.52. The van der Waals surface area contributed by atoms with E-state index in [2.05, 4.69) is 0 Å². The first-order chi connectivity index (χ1) is 7.94. The quantitative estimate of drug-likeness (QED) is 0.647. The smallest absolute Gasteiger partial charge is 0.151 e. The molecule has 0 amide bonds. The van der Waals surface area contributed by atoms with Gasteiger partial charge in [0, 0.05) is 22.1 Å². The van der Waals surface area contributed by atoms with E-state index in [1.54, 1.807) is 18.2 Å². The lowest BCUT2D eigenvalue weighted by atomic mass is 10.3. The number of thioether (sulfide) groups is 1. The van der Waals surface area contributed by atoms with Crippen LogP contribution in [0.2, 0.25) is 5.02 Å². The van der Waals surface area contributed by atoms with Crippen LogP contribution in [0.3, 0.4) is 0 Å². The summed E-state index contributed by atoms with van der Waals surface area (Å²) in [4.78, 5) is 0.832. The van der Waals surface area contributed by atoms with E-state index in [0.29, 0.717) is 22.9 Å². The van der Waals surface area contributed by atoms with Crippen LogP contribution in [-0.2, 0) is 9.84 Å². The molecule has 0 aliphatic heterocycles. The minimum Gasteiger partial charge on any atom is -0.399 e. The Bertz CT molecular complexity index is 474. The summed E-state index contributed by atoms with van der Waals surface area (Å²) in [6.45, 7) is 1.86. The molecule has 0 saturated carbocycles. The molecular formula is C11H16ClNO2S2. The summed E-state index contributed by atoms with van der Waals surface area (Å²) >= 11 is 7.40. The van der Waals surface area contributed by atoms with Crippen molar-refractivity contribution in [1.82, 2.24) is 0 Å². The number of nitrogen functional groups attached to an aromatic ring is 1. The Morgan fingerprint density at radius 3 is 2.71 bits per heavy atom. The van der Waals surface area contributed by atoms with E-state index >= 15 is 0 Å². The molecule has 2 N–H and O–H groups in total. The van der Waals surface area contributed by atoms with Gasteiger partial charge in [0.2, 0.25) is 0 Å². The highest BCUT2D eigenvalue weighted by atomic mass is 35.5. The van der Waals surface area contributed by atoms with Crippen LogP contribution in [0, 0.1) is 0 Å². The molecule has 0 atom stereocenters. The minimum absolute atomic E-state index is 0.177. The van der Waals surface area contributed by atoms with Gasteiger partial charge >= 0.3 is 0 Å². The third-order valence-electron chi connectivity index (χ3n) is 2.12. The highest BCUT2D eigenvalue weighted by molar-refractivity contribution is 8.00. The molecular weight excluding hydrogens is 278 g/mol. The summed E-state index contributed by atoms with van der Waals surface area (Å²) in [5, 5.41) is 0.608. The summed E-state index contributed by atoms with van der Waals surface area (Å²) < 4.78 is 23.0. The summed E-state index contributed by atoms with van der Waals surface area (Å²) in [7, 11) is -2.92. The van der Waals surface area contributed by atoms with Gasteiger partial charge in [-0.25, -0.2) is 8.42 Å². The number of nitrogens with two attached hydrogens (primary N) is 1. The Hall–Kier alpha value is -0.390. The number of hydrogen-bond donors (Lipinski definition) is 1. The zero-order chi connectivity index (χ0) is 12.9. The third kappa shape index (κ3) is 5.19. The first-order valence-corrected chi connectivity index (χ1v) is 8.51. The van der Waals surface area contributed by atoms with Crippen LogP contribution in [0.4, 0.5) is 5.69 Å². The van der Waals surface area contributed by atoms with E-state index in [1.165, 1.54) is 11.8 Å². The van der Waals surface area contributed by atoms with Crippen molar-refractivity contribution in [3.63, 3.8) is 0 Å². The predicted octanol–water partition coefficient (Wildman–Crippen LogP) is 2.84. The van der Waals surface area contributed by atoms with Crippen LogP contribution < -0.4 is 5.73 Å². The average Bonchev–Trinajstić information content (AvgIpc) is 2.23. The Balaban J connectivity index is 2.54. The van der Waals surface area contributed by atoms with Crippen LogP contribution >= 0.6 is 23.4 Å². The number of benzene rings is 1. The van der Waals surface area contributed by atoms with Gasteiger partial charge in [0.1, 0.15) is 0 Å². The fourth-order valence-electron chi connectivity index (χ4n) is 1.32. The number of sulfone groups is 1. The summed E-state index contributed by atoms with van der Waals surface area (Å²) in [6.07, 6.45) is 0.659. The predicted molar refractivity (Wildman–Crippen MR) is 75.5 cm³/mol. The first-order valence-electron chi connectivity index (χ1n) is 5.33. The van der Waals surface area contributed by atoms with E-state index in [9.17, 15) is 8.42 Å². The monoisotopic (exact) mass is 293 g/mol. The molecule has 1 aromatic carbocycles. The van der Waals surface area contributed by atoms with Gasteiger partial charge in [0.15, 0.2) is 9.84 Å². The van der Waals surface area contributed by atoms with Crippen LogP contribution in [0.1, 0.15) is 13.3 Å². The van der Waals surface area contributed by atoms with Gasteiger partial charge in [-0.1, -0.05) is 18.5 Å². The number of halogens is 1. The van der Waals surface area contributed by atoms with Crippen LogP contribution in [0.5, 0.6) is 0 Å². The van der Waals surface area contributed by atoms with Gasteiger partial charge < -0.3 is 5.73 Å². The van der Waals surface area contributed by atoms with Gasteiger partial charge in [-0.3, -0.25) is 0 Å². The van der Waals surface area contributed by atoms with E-state index in [1.807, 2.05) is 6.92 Å². The molecule has 0 saturated heterocycles. The number of hydrogen-bond acceptors (Lipinski definition) is 4. The van der Waals surface area contributed by atoms with Crippen molar-refractivity contribution in [2.75, 3.05) is 23.0 Å². The van der Waals surface area contributed by atoms with Crippen LogP contribution in [0.15, 0.2) is 23.1 Å². The van der Waals surface area contributed by atoms with Gasteiger partial charge in [0.05, 0.1) is 10.8 Å². The third-order valence-corrected chi connectivity index (χ3v) is 5.74. The van der Waals surface area contributed by atoms with Crippen molar-refractivity contribution in [1.29, 1.82) is 0 Å². The van der Waals surface area contributed by atoms with Crippen molar-refractivity contribution in [3.8, 4) is 0 Å². The topological polar surface area (TPSA) is 60.2 Å². The molecule has 0 unspecified atom stereocenters. The van der Waals surface area contributed by atoms with Crippen molar-refractivity contribution >= 4 is 38.9 Å². The van der Waals surface area contributed by atoms with Crippen LogP contribution in [0.25, 0.3) is 0 Å². The molecule has 0 aliphatic carbocycles. The second-order valence-corrected chi connectivity index (χ2v) is 7.54. The molecule has 0 bridgehead atoms. The molecule has 0 aliphatic rings. The fourth-order valence-corrected chi connectivity index (χ4v) is 4.42. The van der Waals surface area contributed by atoms with Crippen molar-refractivity contribution in [2.24, 2.45) is 0 Å². The number of rotatable bonds is 6. The van der Waals surface area contributed by atoms with E-state index in [-0.39, 0.29) is 11.5 Å². The Labute approximate surface area is 112 Å². The highest BCUT2D eigenvalue weighted by Gasteiger charge is 2.10. The van der Waals surface area contributed by atoms with Gasteiger partial charge in [-0.15, -0.1) is 11.8 Å². The van der Waals surface area contributed by atoms with E-state index in [0.717, 1.165) is 4.90 Å². The molecule has 0 heterocycles. The van der Waals surface area contributed by atoms with E-state index < -0.39 is 9.84 Å². The molecule has 17 heavy (non-hydrogen) atoms. The van der Waals surface area contributed by atoms with Gasteiger partial charge in [-0.05, 0) is 24.6 Å². The molecule has 1 rings (SSSR count). The molecule has 96 valence electrons. The first kappa shape index (κ1) is 14.7. The zero-order valence-electron chi connectivity index (χ0n) is 9.65. The fraction of sp³-hybridized carbons (Fsp3) is 0.455. The number of anilines is 1.